The van der Waals surface area contributed by atoms with E-state index in [2.05, 4.69) is 5.43 Å². The molecule has 2 heterocycles. The highest BCUT2D eigenvalue weighted by molar-refractivity contribution is 6.58. The fourth-order valence-corrected chi connectivity index (χ4v) is 9.48. The topological polar surface area (TPSA) is 157 Å². The van der Waals surface area contributed by atoms with Crippen LogP contribution in [0.1, 0.15) is 29.9 Å². The molecule has 54 heavy (non-hydrogen) atoms. The number of methoxy groups -OCH3 is 1. The number of carbonyl (C=O) groups is 4. The van der Waals surface area contributed by atoms with Gasteiger partial charge in [0, 0.05) is 16.5 Å². The lowest BCUT2D eigenvalue weighted by Gasteiger charge is -2.50. The van der Waals surface area contributed by atoms with Gasteiger partial charge >= 0.3 is 7.12 Å². The summed E-state index contributed by atoms with van der Waals surface area (Å²) in [6.45, 7) is 0. The molecule has 4 aliphatic rings. The average Bonchev–Trinajstić information content (AvgIpc) is 3.54. The number of hydrazine groups is 1. The Morgan fingerprint density at radius 3 is 2.35 bits per heavy atom. The van der Waals surface area contributed by atoms with Gasteiger partial charge in [-0.1, -0.05) is 71.2 Å². The zero-order chi connectivity index (χ0) is 38.2. The molecule has 6 unspecified atom stereocenters. The Kier molecular flexibility index (Phi) is 8.80. The first kappa shape index (κ1) is 35.8. The maximum atomic E-state index is 15.4. The van der Waals surface area contributed by atoms with E-state index in [1.54, 1.807) is 30.3 Å². The van der Waals surface area contributed by atoms with Crippen LogP contribution in [0.15, 0.2) is 96.6 Å². The molecule has 4 aromatic rings. The molecule has 1 saturated carbocycles. The van der Waals surface area contributed by atoms with Crippen LogP contribution in [-0.2, 0) is 24.6 Å². The number of rotatable bonds is 7. The second kappa shape index (κ2) is 13.3. The number of anilines is 2. The van der Waals surface area contributed by atoms with Crippen molar-refractivity contribution < 1.29 is 43.5 Å². The molecular formula is C39H31BCl2FN3O8. The van der Waals surface area contributed by atoms with Gasteiger partial charge in [-0.25, -0.2) is 4.39 Å². The Hall–Kier alpha value is -5.21. The van der Waals surface area contributed by atoms with Gasteiger partial charge in [0.1, 0.15) is 5.75 Å². The summed E-state index contributed by atoms with van der Waals surface area (Å²) in [7, 11) is -0.363. The Labute approximate surface area is 318 Å². The molecule has 0 aromatic heterocycles. The summed E-state index contributed by atoms with van der Waals surface area (Å²) in [5.41, 5.74) is 2.42. The lowest BCUT2D eigenvalue weighted by Crippen LogP contribution is -2.53. The third-order valence-corrected chi connectivity index (χ3v) is 11.9. The Morgan fingerprint density at radius 1 is 0.907 bits per heavy atom. The predicted molar refractivity (Wildman–Crippen MR) is 197 cm³/mol. The SMILES string of the molecule is COc1ccc(C23C(=O)N(Nc4ccc(Cl)cc4Cl)C(=O)C2CC2C(=CCC4C(=O)N(c5cccc(B(O)O)c5)C(=O)C42)C3c2cccc(F)c2O)cc1. The maximum absolute atomic E-state index is 15.4. The zero-order valence-electron chi connectivity index (χ0n) is 28.4. The minimum Gasteiger partial charge on any atom is -0.505 e. The highest BCUT2D eigenvalue weighted by atomic mass is 35.5. The number of aromatic hydroxyl groups is 1. The number of para-hydroxylation sites is 1. The van der Waals surface area contributed by atoms with Crippen molar-refractivity contribution in [2.45, 2.75) is 24.2 Å². The van der Waals surface area contributed by atoms with E-state index in [4.69, 9.17) is 27.9 Å². The summed E-state index contributed by atoms with van der Waals surface area (Å²) in [6.07, 6.45) is 1.78. The van der Waals surface area contributed by atoms with E-state index in [0.29, 0.717) is 21.9 Å². The molecule has 15 heteroatoms. The monoisotopic (exact) mass is 769 g/mol. The molecule has 2 aliphatic heterocycles. The minimum absolute atomic E-state index is 0.0241. The van der Waals surface area contributed by atoms with Crippen LogP contribution < -0.4 is 20.5 Å². The standard InChI is InChI=1S/C39H31BCl2FN3O8/c1-54-23-11-8-19(9-12-23)39-28(36(49)46(38(39)51)44-31-15-10-21(41)17-29(31)42)18-27-24(33(39)26-6-3-7-30(43)34(26)47)13-14-25-32(27)37(50)45(35(25)48)22-5-2-4-20(16-22)40(52)53/h2-13,15-17,25,27-28,32-33,44,47,52-53H,14,18H2,1H3. The van der Waals surface area contributed by atoms with Crippen LogP contribution in [0.25, 0.3) is 0 Å². The fraction of sp³-hybridized carbons (Fsp3) is 0.231. The summed E-state index contributed by atoms with van der Waals surface area (Å²) in [6, 6.07) is 20.8. The molecule has 2 saturated heterocycles. The molecule has 0 radical (unpaired) electrons. The largest absolute Gasteiger partial charge is 0.505 e. The van der Waals surface area contributed by atoms with E-state index in [9.17, 15) is 29.5 Å². The Balaban J connectivity index is 1.33. The Bertz CT molecular complexity index is 2290. The van der Waals surface area contributed by atoms with E-state index < -0.39 is 77.3 Å². The van der Waals surface area contributed by atoms with Gasteiger partial charge < -0.3 is 19.9 Å². The van der Waals surface area contributed by atoms with Crippen LogP contribution in [0.4, 0.5) is 15.8 Å². The van der Waals surface area contributed by atoms with Gasteiger partial charge in [0.2, 0.25) is 11.8 Å². The van der Waals surface area contributed by atoms with E-state index >= 15 is 9.18 Å². The molecule has 6 atom stereocenters. The number of fused-ring (bicyclic) bond motifs is 4. The van der Waals surface area contributed by atoms with Crippen molar-refractivity contribution in [2.75, 3.05) is 17.4 Å². The third-order valence-electron chi connectivity index (χ3n) is 11.3. The van der Waals surface area contributed by atoms with Crippen molar-refractivity contribution >= 4 is 70.8 Å². The maximum Gasteiger partial charge on any atom is 0.488 e. The fourth-order valence-electron chi connectivity index (χ4n) is 9.03. The highest BCUT2D eigenvalue weighted by Crippen LogP contribution is 2.65. The first-order valence-corrected chi connectivity index (χ1v) is 17.9. The normalized spacial score (nSPS) is 26.0. The first-order chi connectivity index (χ1) is 25.9. The quantitative estimate of drug-likeness (QED) is 0.119. The van der Waals surface area contributed by atoms with Gasteiger partial charge in [-0.3, -0.25) is 29.5 Å². The van der Waals surface area contributed by atoms with Gasteiger partial charge in [0.25, 0.3) is 11.8 Å². The van der Waals surface area contributed by atoms with E-state index in [0.717, 1.165) is 16.0 Å². The molecule has 274 valence electrons. The van der Waals surface area contributed by atoms with Crippen LogP contribution in [0.5, 0.6) is 11.5 Å². The molecule has 3 fully saturated rings. The highest BCUT2D eigenvalue weighted by Gasteiger charge is 2.70. The molecule has 4 aromatic carbocycles. The number of imide groups is 2. The van der Waals surface area contributed by atoms with E-state index in [1.165, 1.54) is 61.7 Å². The second-order valence-electron chi connectivity index (χ2n) is 13.9. The number of ether oxygens (including phenoxy) is 1. The second-order valence-corrected chi connectivity index (χ2v) is 14.7. The predicted octanol–water partition coefficient (Wildman–Crippen LogP) is 4.72. The number of nitrogens with zero attached hydrogens (tertiary/aromatic N) is 2. The third kappa shape index (κ3) is 5.24. The van der Waals surface area contributed by atoms with Crippen LogP contribution in [0.2, 0.25) is 10.0 Å². The number of nitrogens with one attached hydrogen (secondary N) is 1. The summed E-state index contributed by atoms with van der Waals surface area (Å²) >= 11 is 12.6. The lowest BCUT2D eigenvalue weighted by atomic mass is 9.49. The molecule has 0 bridgehead atoms. The number of hydrogen-bond donors (Lipinski definition) is 4. The van der Waals surface area contributed by atoms with Crippen molar-refractivity contribution in [3.63, 3.8) is 0 Å². The summed E-state index contributed by atoms with van der Waals surface area (Å²) in [5, 5.41) is 32.4. The number of hydrogen-bond acceptors (Lipinski definition) is 9. The summed E-state index contributed by atoms with van der Waals surface area (Å²) < 4.78 is 20.8. The van der Waals surface area contributed by atoms with Gasteiger partial charge in [0.15, 0.2) is 11.6 Å². The number of phenols is 1. The molecule has 8 rings (SSSR count). The molecular weight excluding hydrogens is 739 g/mol. The van der Waals surface area contributed by atoms with Gasteiger partial charge in [-0.2, -0.15) is 5.01 Å². The Morgan fingerprint density at radius 2 is 1.65 bits per heavy atom. The molecule has 0 spiro atoms. The first-order valence-electron chi connectivity index (χ1n) is 17.1. The van der Waals surface area contributed by atoms with Gasteiger partial charge in [-0.05, 0) is 78.3 Å². The van der Waals surface area contributed by atoms with Crippen LogP contribution in [0.3, 0.4) is 0 Å². The molecule has 4 amide bonds. The number of allylic oxidation sites excluding steroid dienone is 2. The number of benzene rings is 4. The average molecular weight is 770 g/mol. The minimum atomic E-state index is -1.84. The number of carbonyl (C=O) groups excluding carboxylic acids is 4. The summed E-state index contributed by atoms with van der Waals surface area (Å²) in [4.78, 5) is 59.7. The van der Waals surface area contributed by atoms with E-state index in [1.807, 2.05) is 0 Å². The van der Waals surface area contributed by atoms with Crippen molar-refractivity contribution in [1.82, 2.24) is 5.01 Å². The molecule has 11 nitrogen and oxygen atoms in total. The van der Waals surface area contributed by atoms with Crippen molar-refractivity contribution in [1.29, 1.82) is 0 Å². The van der Waals surface area contributed by atoms with E-state index in [-0.39, 0.29) is 40.3 Å². The van der Waals surface area contributed by atoms with Crippen molar-refractivity contribution in [3.8, 4) is 11.5 Å². The van der Waals surface area contributed by atoms with Gasteiger partial charge in [-0.15, -0.1) is 0 Å². The van der Waals surface area contributed by atoms with Crippen LogP contribution in [0, 0.1) is 29.5 Å². The van der Waals surface area contributed by atoms with Crippen LogP contribution in [-0.4, -0.2) is 58.0 Å². The summed E-state index contributed by atoms with van der Waals surface area (Å²) in [5.74, 6) is -8.69. The van der Waals surface area contributed by atoms with Crippen LogP contribution >= 0.6 is 23.2 Å². The van der Waals surface area contributed by atoms with Gasteiger partial charge in [0.05, 0.1) is 46.7 Å². The lowest BCUT2D eigenvalue weighted by molar-refractivity contribution is -0.138. The van der Waals surface area contributed by atoms with Crippen molar-refractivity contribution in [2.24, 2.45) is 23.7 Å². The smallest absolute Gasteiger partial charge is 0.488 e. The number of amides is 4. The zero-order valence-corrected chi connectivity index (χ0v) is 30.0. The molecule has 2 aliphatic carbocycles. The number of phenolic OH excluding ortho intramolecular Hbond substituents is 1. The van der Waals surface area contributed by atoms with Crippen molar-refractivity contribution in [3.05, 3.63) is 124 Å². The number of halogens is 3. The molecule has 4 N–H and O–H groups in total.